The van der Waals surface area contributed by atoms with Gasteiger partial charge in [-0.3, -0.25) is 9.78 Å². The van der Waals surface area contributed by atoms with Gasteiger partial charge in [0.05, 0.1) is 24.7 Å². The van der Waals surface area contributed by atoms with E-state index in [9.17, 15) is 4.79 Å². The average Bonchev–Trinajstić information content (AvgIpc) is 3.12. The normalized spacial score (nSPS) is 19.6. The number of ether oxygens (including phenoxy) is 1. The molecule has 3 aromatic heterocycles. The molecular weight excluding hydrogens is 376 g/mol. The minimum atomic E-state index is -0.631. The zero-order chi connectivity index (χ0) is 19.1. The molecule has 0 radical (unpaired) electrons. The van der Waals surface area contributed by atoms with Gasteiger partial charge in [-0.1, -0.05) is 0 Å². The number of fused-ring (bicyclic) bond motifs is 3. The largest absolute Gasteiger partial charge is 0.367 e. The van der Waals surface area contributed by atoms with Gasteiger partial charge in [-0.15, -0.1) is 11.3 Å². The van der Waals surface area contributed by atoms with Crippen molar-refractivity contribution in [3.05, 3.63) is 29.0 Å². The molecule has 4 heterocycles. The monoisotopic (exact) mass is 396 g/mol. The molecule has 1 fully saturated rings. The van der Waals surface area contributed by atoms with E-state index < -0.39 is 12.0 Å². The van der Waals surface area contributed by atoms with Gasteiger partial charge in [0, 0.05) is 23.8 Å². The van der Waals surface area contributed by atoms with Crippen molar-refractivity contribution >= 4 is 33.3 Å². The second-order valence-corrected chi connectivity index (χ2v) is 8.14. The smallest absolute Gasteiger partial charge is 0.248 e. The van der Waals surface area contributed by atoms with E-state index in [1.165, 1.54) is 23.3 Å². The van der Waals surface area contributed by atoms with Crippen molar-refractivity contribution in [2.24, 2.45) is 5.73 Å². The molecule has 1 aliphatic heterocycles. The summed E-state index contributed by atoms with van der Waals surface area (Å²) in [5, 5.41) is 1.11. The van der Waals surface area contributed by atoms with Crippen molar-refractivity contribution in [3.8, 4) is 11.5 Å². The highest BCUT2D eigenvalue weighted by atomic mass is 32.1. The van der Waals surface area contributed by atoms with Crippen LogP contribution in [0.5, 0.6) is 0 Å². The minimum absolute atomic E-state index is 0.395. The third-order valence-electron chi connectivity index (χ3n) is 5.27. The Labute approximate surface area is 165 Å². The summed E-state index contributed by atoms with van der Waals surface area (Å²) in [6.07, 6.45) is 8.82. The van der Waals surface area contributed by atoms with E-state index in [0.29, 0.717) is 31.2 Å². The molecule has 1 aliphatic carbocycles. The molecule has 0 aromatic carbocycles. The molecule has 0 spiro atoms. The number of nitrogens with zero attached hydrogens (tertiary/aromatic N) is 5. The van der Waals surface area contributed by atoms with Crippen LogP contribution in [-0.4, -0.2) is 51.6 Å². The Kier molecular flexibility index (Phi) is 4.40. The van der Waals surface area contributed by atoms with Crippen molar-refractivity contribution in [1.82, 2.24) is 19.9 Å². The van der Waals surface area contributed by atoms with E-state index in [0.717, 1.165) is 28.9 Å². The zero-order valence-corrected chi connectivity index (χ0v) is 16.1. The van der Waals surface area contributed by atoms with Gasteiger partial charge in [-0.05, 0) is 31.2 Å². The van der Waals surface area contributed by atoms with Crippen LogP contribution in [0.15, 0.2) is 18.6 Å². The molecule has 5 rings (SSSR count). The number of thiophene rings is 1. The third kappa shape index (κ3) is 3.00. The predicted molar refractivity (Wildman–Crippen MR) is 106 cm³/mol. The highest BCUT2D eigenvalue weighted by molar-refractivity contribution is 7.19. The molecule has 1 unspecified atom stereocenters. The third-order valence-corrected chi connectivity index (χ3v) is 6.46. The van der Waals surface area contributed by atoms with Crippen LogP contribution >= 0.6 is 11.3 Å². The van der Waals surface area contributed by atoms with Gasteiger partial charge in [0.15, 0.2) is 11.9 Å². The Balaban J connectivity index is 1.68. The molecule has 3 aromatic rings. The first-order valence-electron chi connectivity index (χ1n) is 9.45. The lowest BCUT2D eigenvalue weighted by Crippen LogP contribution is -2.48. The highest BCUT2D eigenvalue weighted by Crippen LogP contribution is 2.40. The number of aromatic nitrogens is 4. The molecule has 1 amide bonds. The predicted octanol–water partition coefficient (Wildman–Crippen LogP) is 1.72. The first-order chi connectivity index (χ1) is 13.7. The zero-order valence-electron chi connectivity index (χ0n) is 15.3. The number of hydrogen-bond donors (Lipinski definition) is 1. The Morgan fingerprint density at radius 2 is 2.14 bits per heavy atom. The number of carbonyl (C=O) groups excluding carboxylic acids is 1. The second-order valence-electron chi connectivity index (χ2n) is 7.06. The quantitative estimate of drug-likeness (QED) is 0.718. The lowest BCUT2D eigenvalue weighted by atomic mass is 9.97. The molecule has 1 saturated heterocycles. The number of carbonyl (C=O) groups is 1. The van der Waals surface area contributed by atoms with Crippen molar-refractivity contribution in [2.75, 3.05) is 24.6 Å². The maximum absolute atomic E-state index is 11.7. The fourth-order valence-corrected chi connectivity index (χ4v) is 5.17. The highest BCUT2D eigenvalue weighted by Gasteiger charge is 2.30. The molecule has 1 atom stereocenters. The van der Waals surface area contributed by atoms with E-state index in [1.807, 2.05) is 0 Å². The summed E-state index contributed by atoms with van der Waals surface area (Å²) in [6, 6.07) is 0. The van der Waals surface area contributed by atoms with Gasteiger partial charge in [-0.25, -0.2) is 15.0 Å². The number of rotatable bonds is 3. The maximum atomic E-state index is 11.7. The van der Waals surface area contributed by atoms with E-state index in [2.05, 4.69) is 14.9 Å². The lowest BCUT2D eigenvalue weighted by molar-refractivity contribution is -0.130. The summed E-state index contributed by atoms with van der Waals surface area (Å²) in [4.78, 5) is 34.4. The molecule has 0 saturated carbocycles. The Morgan fingerprint density at radius 3 is 2.96 bits per heavy atom. The van der Waals surface area contributed by atoms with Crippen molar-refractivity contribution in [2.45, 2.75) is 31.8 Å². The van der Waals surface area contributed by atoms with Crippen LogP contribution < -0.4 is 10.6 Å². The summed E-state index contributed by atoms with van der Waals surface area (Å²) < 4.78 is 5.53. The lowest BCUT2D eigenvalue weighted by Gasteiger charge is -2.33. The van der Waals surface area contributed by atoms with E-state index in [4.69, 9.17) is 20.4 Å². The molecule has 9 heteroatoms. The van der Waals surface area contributed by atoms with E-state index >= 15 is 0 Å². The molecule has 8 nitrogen and oxygen atoms in total. The van der Waals surface area contributed by atoms with Crippen molar-refractivity contribution in [3.63, 3.8) is 0 Å². The Morgan fingerprint density at radius 1 is 1.25 bits per heavy atom. The maximum Gasteiger partial charge on any atom is 0.248 e. The number of nitrogens with two attached hydrogens (primary N) is 1. The minimum Gasteiger partial charge on any atom is -0.367 e. The molecular formula is C19H20N6O2S. The van der Waals surface area contributed by atoms with Gasteiger partial charge in [0.2, 0.25) is 5.91 Å². The first kappa shape index (κ1) is 17.4. The fraction of sp³-hybridized carbons (Fsp3) is 0.421. The number of primary amides is 1. The molecule has 2 N–H and O–H groups in total. The van der Waals surface area contributed by atoms with Crippen LogP contribution in [-0.2, 0) is 22.4 Å². The van der Waals surface area contributed by atoms with Crippen LogP contribution in [0.1, 0.15) is 23.3 Å². The standard InChI is InChI=1S/C19H20N6O2S/c20-16(26)13-10-25(7-8-27-13)18-15-11-3-1-2-4-14(11)28-19(15)24-17(23-18)12-9-21-5-6-22-12/h5-6,9,13H,1-4,7-8,10H2,(H2,20,26). The summed E-state index contributed by atoms with van der Waals surface area (Å²) in [6.45, 7) is 1.48. The van der Waals surface area contributed by atoms with Gasteiger partial charge in [-0.2, -0.15) is 0 Å². The van der Waals surface area contributed by atoms with Crippen LogP contribution in [0.3, 0.4) is 0 Å². The number of hydrogen-bond acceptors (Lipinski definition) is 8. The van der Waals surface area contributed by atoms with Gasteiger partial charge in [0.1, 0.15) is 16.3 Å². The van der Waals surface area contributed by atoms with Gasteiger partial charge in [0.25, 0.3) is 0 Å². The average molecular weight is 396 g/mol. The SMILES string of the molecule is NC(=O)C1CN(c2nc(-c3cnccn3)nc3sc4c(c23)CCCC4)CCO1. The topological polar surface area (TPSA) is 107 Å². The first-order valence-corrected chi connectivity index (χ1v) is 10.3. The number of aryl methyl sites for hydroxylation is 2. The summed E-state index contributed by atoms with van der Waals surface area (Å²) in [5.74, 6) is 0.951. The Bertz CT molecular complexity index is 1040. The van der Waals surface area contributed by atoms with Crippen molar-refractivity contribution < 1.29 is 9.53 Å². The Hall–Kier alpha value is -2.65. The van der Waals surface area contributed by atoms with E-state index in [-0.39, 0.29) is 0 Å². The second kappa shape index (κ2) is 7.06. The molecule has 28 heavy (non-hydrogen) atoms. The summed E-state index contributed by atoms with van der Waals surface area (Å²) in [5.41, 5.74) is 7.48. The fourth-order valence-electron chi connectivity index (χ4n) is 3.91. The van der Waals surface area contributed by atoms with Crippen LogP contribution in [0.25, 0.3) is 21.7 Å². The van der Waals surface area contributed by atoms with Gasteiger partial charge >= 0.3 is 0 Å². The van der Waals surface area contributed by atoms with Crippen LogP contribution in [0, 0.1) is 0 Å². The molecule has 0 bridgehead atoms. The molecule has 144 valence electrons. The number of morpholine rings is 1. The van der Waals surface area contributed by atoms with Crippen molar-refractivity contribution in [1.29, 1.82) is 0 Å². The number of amides is 1. The van der Waals surface area contributed by atoms with Gasteiger partial charge < -0.3 is 15.4 Å². The van der Waals surface area contributed by atoms with E-state index in [1.54, 1.807) is 29.9 Å². The summed E-state index contributed by atoms with van der Waals surface area (Å²) >= 11 is 1.74. The molecule has 2 aliphatic rings. The van der Waals surface area contributed by atoms with Crippen LogP contribution in [0.2, 0.25) is 0 Å². The summed E-state index contributed by atoms with van der Waals surface area (Å²) in [7, 11) is 0. The number of anilines is 1. The van der Waals surface area contributed by atoms with Crippen LogP contribution in [0.4, 0.5) is 5.82 Å².